The maximum Gasteiger partial charge on any atom is 0.125 e. The van der Waals surface area contributed by atoms with Crippen LogP contribution in [0.2, 0.25) is 0 Å². The quantitative estimate of drug-likeness (QED) is 0.831. The molecule has 0 saturated heterocycles. The molecule has 0 aliphatic heterocycles. The molecule has 0 fully saturated rings. The molecule has 1 aromatic heterocycles. The van der Waals surface area contributed by atoms with Gasteiger partial charge < -0.3 is 10.7 Å². The van der Waals surface area contributed by atoms with E-state index >= 15 is 0 Å². The van der Waals surface area contributed by atoms with Crippen molar-refractivity contribution in [1.29, 1.82) is 0 Å². The Morgan fingerprint density at radius 1 is 1.50 bits per heavy atom. The zero-order valence-corrected chi connectivity index (χ0v) is 9.33. The van der Waals surface area contributed by atoms with Crippen molar-refractivity contribution < 1.29 is 4.39 Å². The third kappa shape index (κ3) is 2.39. The van der Waals surface area contributed by atoms with Crippen LogP contribution in [0.1, 0.15) is 19.2 Å². The van der Waals surface area contributed by atoms with Crippen molar-refractivity contribution in [3.8, 4) is 0 Å². The number of aromatic nitrogens is 2. The van der Waals surface area contributed by atoms with Gasteiger partial charge in [-0.3, -0.25) is 0 Å². The molecule has 0 bridgehead atoms. The van der Waals surface area contributed by atoms with Gasteiger partial charge in [-0.1, -0.05) is 6.92 Å². The van der Waals surface area contributed by atoms with E-state index in [0.717, 1.165) is 29.7 Å². The fourth-order valence-corrected chi connectivity index (χ4v) is 1.65. The van der Waals surface area contributed by atoms with Crippen molar-refractivity contribution in [2.45, 2.75) is 19.8 Å². The van der Waals surface area contributed by atoms with E-state index in [1.165, 1.54) is 12.1 Å². The van der Waals surface area contributed by atoms with Crippen molar-refractivity contribution in [2.24, 2.45) is 11.7 Å². The molecule has 0 amide bonds. The van der Waals surface area contributed by atoms with Crippen LogP contribution in [0, 0.1) is 11.7 Å². The lowest BCUT2D eigenvalue weighted by Gasteiger charge is -2.05. The minimum absolute atomic E-state index is 0.238. The van der Waals surface area contributed by atoms with Crippen LogP contribution < -0.4 is 5.73 Å². The molecule has 2 aromatic rings. The summed E-state index contributed by atoms with van der Waals surface area (Å²) in [4.78, 5) is 7.52. The van der Waals surface area contributed by atoms with E-state index in [1.807, 2.05) is 0 Å². The Labute approximate surface area is 93.9 Å². The molecule has 1 unspecified atom stereocenters. The fourth-order valence-electron chi connectivity index (χ4n) is 1.65. The third-order valence-electron chi connectivity index (χ3n) is 2.77. The van der Waals surface area contributed by atoms with Gasteiger partial charge in [0.15, 0.2) is 0 Å². The summed E-state index contributed by atoms with van der Waals surface area (Å²) in [5, 5.41) is 0. The smallest absolute Gasteiger partial charge is 0.125 e. The molecule has 3 N–H and O–H groups in total. The summed E-state index contributed by atoms with van der Waals surface area (Å²) in [6.45, 7) is 2.80. The Morgan fingerprint density at radius 3 is 3.06 bits per heavy atom. The standard InChI is InChI=1S/C12H16FN3/c1-8(7-14)2-5-12-15-10-4-3-9(13)6-11(10)16-12/h3-4,6,8H,2,5,7,14H2,1H3,(H,15,16). The molecule has 0 radical (unpaired) electrons. The lowest BCUT2D eigenvalue weighted by Crippen LogP contribution is -2.11. The van der Waals surface area contributed by atoms with Gasteiger partial charge in [-0.25, -0.2) is 9.37 Å². The minimum Gasteiger partial charge on any atom is -0.342 e. The molecular formula is C12H16FN3. The number of rotatable bonds is 4. The molecule has 0 aliphatic carbocycles. The third-order valence-corrected chi connectivity index (χ3v) is 2.77. The molecule has 0 aliphatic rings. The fraction of sp³-hybridized carbons (Fsp3) is 0.417. The van der Waals surface area contributed by atoms with E-state index < -0.39 is 0 Å². The number of fused-ring (bicyclic) bond motifs is 1. The summed E-state index contributed by atoms with van der Waals surface area (Å²) in [6.07, 6.45) is 1.85. The van der Waals surface area contributed by atoms with E-state index in [2.05, 4.69) is 16.9 Å². The monoisotopic (exact) mass is 221 g/mol. The van der Waals surface area contributed by atoms with E-state index in [4.69, 9.17) is 5.73 Å². The number of halogens is 1. The van der Waals surface area contributed by atoms with Crippen molar-refractivity contribution in [3.63, 3.8) is 0 Å². The number of benzene rings is 1. The topological polar surface area (TPSA) is 54.7 Å². The summed E-state index contributed by atoms with van der Waals surface area (Å²) < 4.78 is 13.0. The second kappa shape index (κ2) is 4.61. The Bertz CT molecular complexity index is 478. The summed E-state index contributed by atoms with van der Waals surface area (Å²) >= 11 is 0. The maximum atomic E-state index is 13.0. The van der Waals surface area contributed by atoms with Crippen LogP contribution in [0.3, 0.4) is 0 Å². The van der Waals surface area contributed by atoms with Gasteiger partial charge in [0.2, 0.25) is 0 Å². The average molecular weight is 221 g/mol. The number of nitrogens with one attached hydrogen (secondary N) is 1. The van der Waals surface area contributed by atoms with Gasteiger partial charge in [0.25, 0.3) is 0 Å². The number of aromatic amines is 1. The van der Waals surface area contributed by atoms with Gasteiger partial charge in [-0.15, -0.1) is 0 Å². The number of hydrogen-bond donors (Lipinski definition) is 2. The lowest BCUT2D eigenvalue weighted by molar-refractivity contribution is 0.538. The molecule has 16 heavy (non-hydrogen) atoms. The summed E-state index contributed by atoms with van der Waals surface area (Å²) in [7, 11) is 0. The predicted molar refractivity (Wildman–Crippen MR) is 62.6 cm³/mol. The average Bonchev–Trinajstić information content (AvgIpc) is 2.67. The highest BCUT2D eigenvalue weighted by molar-refractivity contribution is 5.74. The molecule has 0 saturated carbocycles. The zero-order valence-electron chi connectivity index (χ0n) is 9.33. The first kappa shape index (κ1) is 11.1. The van der Waals surface area contributed by atoms with Crippen LogP contribution in [0.4, 0.5) is 4.39 Å². The Morgan fingerprint density at radius 2 is 2.31 bits per heavy atom. The molecular weight excluding hydrogens is 205 g/mol. The molecule has 0 spiro atoms. The summed E-state index contributed by atoms with van der Waals surface area (Å²) in [6, 6.07) is 4.59. The first-order chi connectivity index (χ1) is 7.69. The van der Waals surface area contributed by atoms with E-state index in [0.29, 0.717) is 12.5 Å². The first-order valence-electron chi connectivity index (χ1n) is 5.53. The number of aryl methyl sites for hydroxylation is 1. The van der Waals surface area contributed by atoms with Crippen molar-refractivity contribution in [3.05, 3.63) is 29.8 Å². The van der Waals surface area contributed by atoms with Crippen LogP contribution in [0.15, 0.2) is 18.2 Å². The normalized spacial score (nSPS) is 13.2. The molecule has 1 heterocycles. The summed E-state index contributed by atoms with van der Waals surface area (Å²) in [5.41, 5.74) is 7.13. The van der Waals surface area contributed by atoms with Crippen LogP contribution in [0.5, 0.6) is 0 Å². The number of hydrogen-bond acceptors (Lipinski definition) is 2. The summed E-state index contributed by atoms with van der Waals surface area (Å²) in [5.74, 6) is 1.16. The molecule has 4 heteroatoms. The Balaban J connectivity index is 2.13. The highest BCUT2D eigenvalue weighted by Gasteiger charge is 2.05. The van der Waals surface area contributed by atoms with Gasteiger partial charge in [0, 0.05) is 6.42 Å². The number of imidazole rings is 1. The van der Waals surface area contributed by atoms with Crippen LogP contribution >= 0.6 is 0 Å². The highest BCUT2D eigenvalue weighted by Crippen LogP contribution is 2.14. The Kier molecular flexibility index (Phi) is 3.19. The SMILES string of the molecule is CC(CN)CCc1nc2ccc(F)cc2[nH]1. The van der Waals surface area contributed by atoms with Gasteiger partial charge in [0.1, 0.15) is 11.6 Å². The zero-order chi connectivity index (χ0) is 11.5. The minimum atomic E-state index is -0.238. The van der Waals surface area contributed by atoms with E-state index in [9.17, 15) is 4.39 Å². The van der Waals surface area contributed by atoms with Crippen LogP contribution in [-0.4, -0.2) is 16.5 Å². The van der Waals surface area contributed by atoms with E-state index in [-0.39, 0.29) is 5.82 Å². The second-order valence-corrected chi connectivity index (χ2v) is 4.22. The van der Waals surface area contributed by atoms with Crippen molar-refractivity contribution in [2.75, 3.05) is 6.54 Å². The molecule has 3 nitrogen and oxygen atoms in total. The number of nitrogens with zero attached hydrogens (tertiary/aromatic N) is 1. The lowest BCUT2D eigenvalue weighted by atomic mass is 10.1. The van der Waals surface area contributed by atoms with Crippen LogP contribution in [-0.2, 0) is 6.42 Å². The highest BCUT2D eigenvalue weighted by atomic mass is 19.1. The van der Waals surface area contributed by atoms with Gasteiger partial charge in [-0.05, 0) is 37.1 Å². The molecule has 1 atom stereocenters. The predicted octanol–water partition coefficient (Wildman–Crippen LogP) is 2.23. The Hall–Kier alpha value is -1.42. The van der Waals surface area contributed by atoms with Crippen molar-refractivity contribution in [1.82, 2.24) is 9.97 Å². The molecule has 86 valence electrons. The van der Waals surface area contributed by atoms with Crippen molar-refractivity contribution >= 4 is 11.0 Å². The number of H-pyrrole nitrogens is 1. The molecule has 1 aromatic carbocycles. The van der Waals surface area contributed by atoms with Gasteiger partial charge in [-0.2, -0.15) is 0 Å². The van der Waals surface area contributed by atoms with E-state index in [1.54, 1.807) is 6.07 Å². The largest absolute Gasteiger partial charge is 0.342 e. The first-order valence-corrected chi connectivity index (χ1v) is 5.53. The number of nitrogens with two attached hydrogens (primary N) is 1. The second-order valence-electron chi connectivity index (χ2n) is 4.22. The van der Waals surface area contributed by atoms with Gasteiger partial charge >= 0.3 is 0 Å². The molecule has 2 rings (SSSR count). The maximum absolute atomic E-state index is 13.0. The van der Waals surface area contributed by atoms with Gasteiger partial charge in [0.05, 0.1) is 11.0 Å². The van der Waals surface area contributed by atoms with Crippen LogP contribution in [0.25, 0.3) is 11.0 Å².